The molecule has 2 aromatic rings. The van der Waals surface area contributed by atoms with Crippen molar-refractivity contribution in [3.05, 3.63) is 63.2 Å². The minimum atomic E-state index is -0.531. The van der Waals surface area contributed by atoms with Crippen LogP contribution in [-0.4, -0.2) is 23.4 Å². The minimum absolute atomic E-state index is 0.130. The van der Waals surface area contributed by atoms with Gasteiger partial charge in [0.05, 0.1) is 12.1 Å². The van der Waals surface area contributed by atoms with Gasteiger partial charge >= 0.3 is 12.1 Å². The summed E-state index contributed by atoms with van der Waals surface area (Å²) in [5.74, 6) is -0.312. The largest absolute Gasteiger partial charge is 0.461 e. The summed E-state index contributed by atoms with van der Waals surface area (Å²) >= 11 is 2.19. The maximum absolute atomic E-state index is 12.0. The molecule has 0 aliphatic rings. The first-order valence-electron chi connectivity index (χ1n) is 9.61. The second kappa shape index (κ2) is 11.1. The number of amides is 1. The van der Waals surface area contributed by atoms with Crippen LogP contribution in [0.1, 0.15) is 45.2 Å². The summed E-state index contributed by atoms with van der Waals surface area (Å²) in [6.07, 6.45) is -0.324. The molecule has 2 rings (SSSR count). The summed E-state index contributed by atoms with van der Waals surface area (Å²) in [5.41, 5.74) is 2.79. The molecule has 0 aliphatic heterocycles. The van der Waals surface area contributed by atoms with Crippen molar-refractivity contribution < 1.29 is 19.1 Å². The van der Waals surface area contributed by atoms with E-state index in [9.17, 15) is 9.59 Å². The lowest BCUT2D eigenvalue weighted by atomic mass is 10.2. The lowest BCUT2D eigenvalue weighted by molar-refractivity contribution is -0.143. The number of alkyl carbamates (subject to hydrolysis) is 1. The van der Waals surface area contributed by atoms with Crippen molar-refractivity contribution >= 4 is 46.1 Å². The average molecular weight is 522 g/mol. The average Bonchev–Trinajstić information content (AvgIpc) is 2.66. The van der Waals surface area contributed by atoms with Gasteiger partial charge in [-0.25, -0.2) is 4.79 Å². The van der Waals surface area contributed by atoms with Crippen molar-refractivity contribution in [1.82, 2.24) is 5.32 Å². The molecular weight excluding hydrogens is 495 g/mol. The summed E-state index contributed by atoms with van der Waals surface area (Å²) in [5, 5.41) is 2.74. The number of carbonyl (C=O) groups is 2. The van der Waals surface area contributed by atoms with Crippen LogP contribution < -0.4 is 5.32 Å². The number of rotatable bonds is 7. The highest BCUT2D eigenvalue weighted by Gasteiger charge is 2.15. The fourth-order valence-corrected chi connectivity index (χ4v) is 3.18. The van der Waals surface area contributed by atoms with Gasteiger partial charge in [-0.2, -0.15) is 0 Å². The molecule has 0 aliphatic carbocycles. The first-order chi connectivity index (χ1) is 14.1. The van der Waals surface area contributed by atoms with E-state index in [1.54, 1.807) is 6.92 Å². The Kier molecular flexibility index (Phi) is 8.83. The smallest absolute Gasteiger partial charge is 0.407 e. The summed E-state index contributed by atoms with van der Waals surface area (Å²) in [6.45, 7) is 7.88. The van der Waals surface area contributed by atoms with E-state index >= 15 is 0 Å². The van der Waals surface area contributed by atoms with Crippen LogP contribution in [0.25, 0.3) is 0 Å². The zero-order valence-corrected chi connectivity index (χ0v) is 19.9. The second-order valence-electron chi connectivity index (χ2n) is 7.81. The molecule has 0 bridgehead atoms. The van der Waals surface area contributed by atoms with Crippen molar-refractivity contribution in [2.75, 3.05) is 0 Å². The first-order valence-corrected chi connectivity index (χ1v) is 10.7. The lowest BCUT2D eigenvalue weighted by Crippen LogP contribution is -2.32. The molecular formula is C23H27IN2O4. The van der Waals surface area contributed by atoms with E-state index in [0.29, 0.717) is 12.3 Å². The van der Waals surface area contributed by atoms with Gasteiger partial charge < -0.3 is 14.8 Å². The third-order valence-corrected chi connectivity index (χ3v) is 4.67. The molecule has 0 aromatic heterocycles. The molecule has 0 unspecified atom stereocenters. The second-order valence-corrected chi connectivity index (χ2v) is 8.97. The predicted molar refractivity (Wildman–Crippen MR) is 126 cm³/mol. The van der Waals surface area contributed by atoms with Crippen LogP contribution in [0.15, 0.2) is 53.5 Å². The van der Waals surface area contributed by atoms with Crippen molar-refractivity contribution in [1.29, 1.82) is 0 Å². The fourth-order valence-electron chi connectivity index (χ4n) is 2.48. The molecule has 0 saturated carbocycles. The number of nitrogens with zero attached hydrogens (tertiary/aromatic N) is 1. The molecule has 160 valence electrons. The quantitative estimate of drug-likeness (QED) is 0.294. The molecule has 0 saturated heterocycles. The number of esters is 1. The van der Waals surface area contributed by atoms with Crippen LogP contribution in [0.2, 0.25) is 0 Å². The molecule has 6 nitrogen and oxygen atoms in total. The Labute approximate surface area is 191 Å². The van der Waals surface area contributed by atoms with Crippen LogP contribution in [0.3, 0.4) is 0 Å². The molecule has 7 heteroatoms. The fraction of sp³-hybridized carbons (Fsp3) is 0.348. The van der Waals surface area contributed by atoms with Crippen molar-refractivity contribution in [2.45, 2.75) is 52.9 Å². The van der Waals surface area contributed by atoms with E-state index in [1.165, 1.54) is 0 Å². The van der Waals surface area contributed by atoms with Crippen LogP contribution in [0.4, 0.5) is 10.5 Å². The number of aliphatic imine (C=N–C) groups is 1. The van der Waals surface area contributed by atoms with E-state index in [2.05, 4.69) is 32.9 Å². The molecule has 1 N–H and O–H groups in total. The summed E-state index contributed by atoms with van der Waals surface area (Å²) in [7, 11) is 0. The van der Waals surface area contributed by atoms with Crippen molar-refractivity contribution in [3.8, 4) is 0 Å². The highest BCUT2D eigenvalue weighted by Crippen LogP contribution is 2.23. The molecule has 0 radical (unpaired) electrons. The number of benzene rings is 2. The van der Waals surface area contributed by atoms with E-state index in [0.717, 1.165) is 20.4 Å². The molecule has 0 atom stereocenters. The van der Waals surface area contributed by atoms with Gasteiger partial charge in [0.25, 0.3) is 0 Å². The van der Waals surface area contributed by atoms with Gasteiger partial charge in [-0.1, -0.05) is 36.4 Å². The Morgan fingerprint density at radius 3 is 2.40 bits per heavy atom. The normalized spacial score (nSPS) is 11.7. The maximum Gasteiger partial charge on any atom is 0.407 e. The van der Waals surface area contributed by atoms with Gasteiger partial charge in [0.15, 0.2) is 0 Å². The topological polar surface area (TPSA) is 77.0 Å². The Bertz CT molecular complexity index is 905. The summed E-state index contributed by atoms with van der Waals surface area (Å²) in [6, 6.07) is 15.3. The number of halogens is 1. The molecule has 30 heavy (non-hydrogen) atoms. The number of ether oxygens (including phenoxy) is 2. The highest BCUT2D eigenvalue weighted by molar-refractivity contribution is 14.1. The molecule has 1 amide bonds. The Hall–Kier alpha value is -2.42. The Balaban J connectivity index is 1.88. The lowest BCUT2D eigenvalue weighted by Gasteiger charge is -2.19. The van der Waals surface area contributed by atoms with Gasteiger partial charge in [0, 0.05) is 15.8 Å². The van der Waals surface area contributed by atoms with Gasteiger partial charge in [-0.3, -0.25) is 9.79 Å². The van der Waals surface area contributed by atoms with Gasteiger partial charge in [-0.15, -0.1) is 0 Å². The zero-order chi connectivity index (χ0) is 22.1. The van der Waals surface area contributed by atoms with Crippen molar-refractivity contribution in [3.63, 3.8) is 0 Å². The molecule has 2 aromatic carbocycles. The zero-order valence-electron chi connectivity index (χ0n) is 17.7. The number of hydrogen-bond acceptors (Lipinski definition) is 5. The standard InChI is InChI=1S/C23H27IN2O4/c1-16(12-21(27)29-15-17-8-6-5-7-9-17)26-20-11-10-18(13-19(20)24)14-25-22(28)30-23(2,3)4/h5-11,13H,12,14-15H2,1-4H3,(H,25,28). The molecule has 0 spiro atoms. The van der Waals surface area contributed by atoms with Gasteiger partial charge in [-0.05, 0) is 73.5 Å². The van der Waals surface area contributed by atoms with E-state index in [1.807, 2.05) is 69.3 Å². The Morgan fingerprint density at radius 2 is 1.77 bits per heavy atom. The van der Waals surface area contributed by atoms with E-state index in [-0.39, 0.29) is 19.0 Å². The number of hydrogen-bond donors (Lipinski definition) is 1. The molecule has 0 heterocycles. The minimum Gasteiger partial charge on any atom is -0.461 e. The third kappa shape index (κ3) is 8.94. The van der Waals surface area contributed by atoms with E-state index < -0.39 is 11.7 Å². The SMILES string of the molecule is CC(CC(=O)OCc1ccccc1)=Nc1ccc(CNC(=O)OC(C)(C)C)cc1I. The predicted octanol–water partition coefficient (Wildman–Crippen LogP) is 5.54. The first kappa shape index (κ1) is 23.9. The third-order valence-electron chi connectivity index (χ3n) is 3.80. The van der Waals surface area contributed by atoms with Gasteiger partial charge in [0.2, 0.25) is 0 Å². The highest BCUT2D eigenvalue weighted by atomic mass is 127. The van der Waals surface area contributed by atoms with Crippen LogP contribution in [0.5, 0.6) is 0 Å². The van der Waals surface area contributed by atoms with Crippen LogP contribution >= 0.6 is 22.6 Å². The monoisotopic (exact) mass is 522 g/mol. The van der Waals surface area contributed by atoms with Crippen LogP contribution in [-0.2, 0) is 27.4 Å². The number of nitrogens with one attached hydrogen (secondary N) is 1. The van der Waals surface area contributed by atoms with E-state index in [4.69, 9.17) is 9.47 Å². The van der Waals surface area contributed by atoms with Crippen LogP contribution in [0, 0.1) is 3.57 Å². The Morgan fingerprint density at radius 1 is 1.07 bits per heavy atom. The maximum atomic E-state index is 12.0. The summed E-state index contributed by atoms with van der Waals surface area (Å²) < 4.78 is 11.5. The summed E-state index contributed by atoms with van der Waals surface area (Å²) in [4.78, 5) is 28.4. The number of carbonyl (C=O) groups excluding carboxylic acids is 2. The molecule has 0 fully saturated rings. The van der Waals surface area contributed by atoms with Crippen molar-refractivity contribution in [2.24, 2.45) is 4.99 Å². The van der Waals surface area contributed by atoms with Gasteiger partial charge in [0.1, 0.15) is 12.2 Å².